The Balaban J connectivity index is 1.25. The molecule has 0 fully saturated rings. The predicted octanol–water partition coefficient (Wildman–Crippen LogP) is 8.40. The van der Waals surface area contributed by atoms with Crippen LogP contribution in [0.3, 0.4) is 0 Å². The topological polar surface area (TPSA) is 69.7 Å². The molecule has 0 N–H and O–H groups in total. The Morgan fingerprint density at radius 2 is 0.880 bits per heavy atom. The first-order valence-electron chi connectivity index (χ1n) is 16.9. The quantitative estimate of drug-likeness (QED) is 0.103. The number of rotatable bonds is 6. The maximum Gasteiger partial charge on any atom is 0.323 e. The van der Waals surface area contributed by atoms with E-state index in [1.165, 1.54) is 0 Å². The third-order valence-corrected chi connectivity index (χ3v) is 10.8. The summed E-state index contributed by atoms with van der Waals surface area (Å²) in [7, 11) is 0. The first-order chi connectivity index (χ1) is 24.4. The number of hydrogen-bond acceptors (Lipinski definition) is 5. The second kappa shape index (κ2) is 11.5. The Morgan fingerprint density at radius 1 is 0.480 bits per heavy atom. The number of ketones is 1. The summed E-state index contributed by atoms with van der Waals surface area (Å²) < 4.78 is 11.6. The summed E-state index contributed by atoms with van der Waals surface area (Å²) in [5.41, 5.74) is 8.52. The van der Waals surface area contributed by atoms with E-state index in [9.17, 15) is 14.4 Å². The second-order valence-corrected chi connectivity index (χ2v) is 13.6. The van der Waals surface area contributed by atoms with E-state index < -0.39 is 17.3 Å². The van der Waals surface area contributed by atoms with Crippen LogP contribution < -0.4 is 9.47 Å². The highest BCUT2D eigenvalue weighted by molar-refractivity contribution is 5.96. The molecule has 242 valence electrons. The minimum Gasteiger partial charge on any atom is -0.425 e. The molecule has 1 aliphatic carbocycles. The fourth-order valence-electron chi connectivity index (χ4n) is 8.18. The minimum atomic E-state index is -0.772. The van der Waals surface area contributed by atoms with Crippen molar-refractivity contribution in [3.8, 4) is 11.5 Å². The van der Waals surface area contributed by atoms with E-state index in [0.29, 0.717) is 17.9 Å². The van der Waals surface area contributed by atoms with Crippen LogP contribution in [0, 0.1) is 0 Å². The van der Waals surface area contributed by atoms with E-state index in [1.807, 2.05) is 115 Å². The Labute approximate surface area is 290 Å². The number of Topliss-reactive ketones (excluding diaryl/α,β-unsaturated/α-hetero) is 1. The van der Waals surface area contributed by atoms with E-state index in [1.54, 1.807) is 0 Å². The van der Waals surface area contributed by atoms with Crippen molar-refractivity contribution in [1.29, 1.82) is 0 Å². The van der Waals surface area contributed by atoms with Crippen LogP contribution >= 0.6 is 0 Å². The molecule has 2 heterocycles. The van der Waals surface area contributed by atoms with Gasteiger partial charge in [-0.15, -0.1) is 0 Å². The molecule has 0 spiro atoms. The zero-order valence-corrected chi connectivity index (χ0v) is 27.3. The fraction of sp³-hybridized carbons (Fsp3) is 0.133. The number of esters is 2. The average molecular weight is 653 g/mol. The normalized spacial score (nSPS) is 20.0. The van der Waals surface area contributed by atoms with Crippen LogP contribution in [0.2, 0.25) is 0 Å². The monoisotopic (exact) mass is 652 g/mol. The van der Waals surface area contributed by atoms with Crippen LogP contribution in [0.1, 0.15) is 80.3 Å². The molecule has 0 amide bonds. The number of carbonyl (C=O) groups excluding carboxylic acids is 3. The zero-order chi connectivity index (χ0) is 34.0. The highest BCUT2D eigenvalue weighted by atomic mass is 16.5. The van der Waals surface area contributed by atoms with E-state index >= 15 is 0 Å². The molecule has 0 saturated carbocycles. The van der Waals surface area contributed by atoms with Gasteiger partial charge in [0.1, 0.15) is 29.1 Å². The lowest BCUT2D eigenvalue weighted by Crippen LogP contribution is -2.26. The molecule has 5 heteroatoms. The first-order valence-corrected chi connectivity index (χ1v) is 16.9. The molecular weight excluding hydrogens is 620 g/mol. The Kier molecular flexibility index (Phi) is 6.92. The van der Waals surface area contributed by atoms with Crippen LogP contribution in [0.25, 0.3) is 0 Å². The van der Waals surface area contributed by atoms with Gasteiger partial charge in [-0.25, -0.2) is 0 Å². The summed E-state index contributed by atoms with van der Waals surface area (Å²) in [6.45, 7) is 2.18. The van der Waals surface area contributed by atoms with Gasteiger partial charge in [-0.2, -0.15) is 0 Å². The van der Waals surface area contributed by atoms with Crippen molar-refractivity contribution in [1.82, 2.24) is 0 Å². The van der Waals surface area contributed by atoms with Crippen LogP contribution in [0.5, 0.6) is 11.5 Å². The van der Waals surface area contributed by atoms with Crippen molar-refractivity contribution < 1.29 is 23.9 Å². The van der Waals surface area contributed by atoms with Gasteiger partial charge in [0, 0.05) is 23.0 Å². The predicted molar refractivity (Wildman–Crippen MR) is 190 cm³/mol. The molecule has 0 aromatic heterocycles. The average Bonchev–Trinajstić information content (AvgIpc) is 3.79. The summed E-state index contributed by atoms with van der Waals surface area (Å²) >= 11 is 0. The van der Waals surface area contributed by atoms with E-state index in [0.717, 1.165) is 55.6 Å². The summed E-state index contributed by atoms with van der Waals surface area (Å²) in [5.74, 6) is -0.767. The minimum absolute atomic E-state index is 0.183. The molecule has 0 bridgehead atoms. The standard InChI is InChI=1S/C45H32O5/c1-45(31-18-17-30-23-37(46)40(34(30)24-31)27-11-5-2-6-12-27,32-19-21-38-35(25-32)41(43(47)49-38)28-13-7-3-8-14-28)33-20-22-39-36(26-33)42(44(48)50-39)29-15-9-4-10-16-29/h2-22,24-26,40-42H,23H2,1H3. The molecule has 0 radical (unpaired) electrons. The van der Waals surface area contributed by atoms with Crippen molar-refractivity contribution in [2.75, 3.05) is 0 Å². The van der Waals surface area contributed by atoms with Crippen LogP contribution in [-0.4, -0.2) is 17.7 Å². The first kappa shape index (κ1) is 30.0. The van der Waals surface area contributed by atoms with E-state index in [-0.39, 0.29) is 23.6 Å². The van der Waals surface area contributed by atoms with Crippen molar-refractivity contribution in [2.45, 2.75) is 36.5 Å². The molecule has 5 nitrogen and oxygen atoms in total. The van der Waals surface area contributed by atoms with Crippen LogP contribution in [0.15, 0.2) is 146 Å². The molecule has 3 atom stereocenters. The molecule has 3 aliphatic rings. The van der Waals surface area contributed by atoms with Crippen molar-refractivity contribution in [3.63, 3.8) is 0 Å². The van der Waals surface area contributed by atoms with Gasteiger partial charge in [-0.05, 0) is 75.7 Å². The Morgan fingerprint density at radius 3 is 1.34 bits per heavy atom. The summed E-state index contributed by atoms with van der Waals surface area (Å²) in [4.78, 5) is 40.1. The molecule has 50 heavy (non-hydrogen) atoms. The number of hydrogen-bond donors (Lipinski definition) is 0. The second-order valence-electron chi connectivity index (χ2n) is 13.6. The molecule has 2 aliphatic heterocycles. The smallest absolute Gasteiger partial charge is 0.323 e. The molecule has 6 aromatic carbocycles. The highest BCUT2D eigenvalue weighted by Crippen LogP contribution is 2.49. The lowest BCUT2D eigenvalue weighted by molar-refractivity contribution is -0.134. The maximum absolute atomic E-state index is 13.5. The number of benzene rings is 6. The Bertz CT molecular complexity index is 2070. The third kappa shape index (κ3) is 4.65. The van der Waals surface area contributed by atoms with Gasteiger partial charge >= 0.3 is 11.9 Å². The van der Waals surface area contributed by atoms with Gasteiger partial charge in [-0.3, -0.25) is 14.4 Å². The van der Waals surface area contributed by atoms with Gasteiger partial charge in [0.2, 0.25) is 0 Å². The van der Waals surface area contributed by atoms with Crippen molar-refractivity contribution >= 4 is 17.7 Å². The van der Waals surface area contributed by atoms with Crippen molar-refractivity contribution in [3.05, 3.63) is 201 Å². The lowest BCUT2D eigenvalue weighted by atomic mass is 9.69. The SMILES string of the molecule is CC(c1ccc2c(c1)C(c1ccccc1)C(=O)C2)(c1ccc2c(c1)C(c1ccccc1)C(=O)O2)c1ccc2c(c1)C(c1ccccc1)C(=O)O2. The van der Waals surface area contributed by atoms with Gasteiger partial charge in [0.25, 0.3) is 0 Å². The van der Waals surface area contributed by atoms with Gasteiger partial charge in [0.05, 0.1) is 5.92 Å². The third-order valence-electron chi connectivity index (χ3n) is 10.8. The van der Waals surface area contributed by atoms with Crippen LogP contribution in [-0.2, 0) is 26.2 Å². The van der Waals surface area contributed by atoms with E-state index in [4.69, 9.17) is 9.47 Å². The molecular formula is C45H32O5. The zero-order valence-electron chi connectivity index (χ0n) is 27.3. The van der Waals surface area contributed by atoms with Crippen LogP contribution in [0.4, 0.5) is 0 Å². The molecule has 0 saturated heterocycles. The lowest BCUT2D eigenvalue weighted by Gasteiger charge is -2.33. The number of carbonyl (C=O) groups is 3. The van der Waals surface area contributed by atoms with Gasteiger partial charge in [0.15, 0.2) is 0 Å². The van der Waals surface area contributed by atoms with Gasteiger partial charge < -0.3 is 9.47 Å². The summed E-state index contributed by atoms with van der Waals surface area (Å²) in [5, 5.41) is 0. The largest absolute Gasteiger partial charge is 0.425 e. The maximum atomic E-state index is 13.5. The molecule has 6 aromatic rings. The number of fused-ring (bicyclic) bond motifs is 3. The summed E-state index contributed by atoms with van der Waals surface area (Å²) in [6.07, 6.45) is 0.389. The Hall–Kier alpha value is -6.07. The number of ether oxygens (including phenoxy) is 2. The van der Waals surface area contributed by atoms with E-state index in [2.05, 4.69) is 37.3 Å². The van der Waals surface area contributed by atoms with Crippen molar-refractivity contribution in [2.24, 2.45) is 0 Å². The molecule has 3 unspecified atom stereocenters. The van der Waals surface area contributed by atoms with Gasteiger partial charge in [-0.1, -0.05) is 121 Å². The fourth-order valence-corrected chi connectivity index (χ4v) is 8.18. The highest BCUT2D eigenvalue weighted by Gasteiger charge is 2.42. The molecule has 9 rings (SSSR count). The summed E-state index contributed by atoms with van der Waals surface area (Å²) in [6, 6.07) is 47.8.